The van der Waals surface area contributed by atoms with Crippen LogP contribution in [0, 0.1) is 5.92 Å². The lowest BCUT2D eigenvalue weighted by Gasteiger charge is -2.38. The first-order valence-corrected chi connectivity index (χ1v) is 6.16. The SMILES string of the molecule is CNc1ccc(C(C2CCC2)N(C)C)cc1. The summed E-state index contributed by atoms with van der Waals surface area (Å²) < 4.78 is 0. The summed E-state index contributed by atoms with van der Waals surface area (Å²) in [4.78, 5) is 2.36. The monoisotopic (exact) mass is 218 g/mol. The predicted molar refractivity (Wildman–Crippen MR) is 69.8 cm³/mol. The van der Waals surface area contributed by atoms with Gasteiger partial charge in [0.15, 0.2) is 0 Å². The molecule has 2 rings (SSSR count). The van der Waals surface area contributed by atoms with E-state index in [1.807, 2.05) is 7.05 Å². The summed E-state index contributed by atoms with van der Waals surface area (Å²) in [6, 6.07) is 9.46. The van der Waals surface area contributed by atoms with Gasteiger partial charge in [0.25, 0.3) is 0 Å². The highest BCUT2D eigenvalue weighted by molar-refractivity contribution is 5.44. The maximum atomic E-state index is 3.17. The molecule has 0 bridgehead atoms. The number of anilines is 1. The molecular weight excluding hydrogens is 196 g/mol. The van der Waals surface area contributed by atoms with E-state index in [0.717, 1.165) is 5.92 Å². The van der Waals surface area contributed by atoms with E-state index in [4.69, 9.17) is 0 Å². The largest absolute Gasteiger partial charge is 0.388 e. The average molecular weight is 218 g/mol. The normalized spacial score (nSPS) is 18.2. The van der Waals surface area contributed by atoms with Crippen LogP contribution in [0.5, 0.6) is 0 Å². The van der Waals surface area contributed by atoms with E-state index in [2.05, 4.69) is 48.6 Å². The van der Waals surface area contributed by atoms with Crippen LogP contribution in [-0.2, 0) is 0 Å². The molecule has 0 heterocycles. The van der Waals surface area contributed by atoms with Gasteiger partial charge in [0.1, 0.15) is 0 Å². The Labute approximate surface area is 98.7 Å². The minimum atomic E-state index is 0.597. The van der Waals surface area contributed by atoms with Crippen molar-refractivity contribution in [1.29, 1.82) is 0 Å². The average Bonchev–Trinajstić information content (AvgIpc) is 2.23. The van der Waals surface area contributed by atoms with Gasteiger partial charge >= 0.3 is 0 Å². The molecule has 1 atom stereocenters. The van der Waals surface area contributed by atoms with E-state index in [9.17, 15) is 0 Å². The first-order valence-electron chi connectivity index (χ1n) is 6.16. The van der Waals surface area contributed by atoms with Crippen molar-refractivity contribution in [3.63, 3.8) is 0 Å². The summed E-state index contributed by atoms with van der Waals surface area (Å²) in [5.41, 5.74) is 2.64. The van der Waals surface area contributed by atoms with Crippen molar-refractivity contribution in [3.05, 3.63) is 29.8 Å². The van der Waals surface area contributed by atoms with Gasteiger partial charge in [-0.3, -0.25) is 0 Å². The van der Waals surface area contributed by atoms with E-state index in [-0.39, 0.29) is 0 Å². The number of hydrogen-bond acceptors (Lipinski definition) is 2. The molecule has 16 heavy (non-hydrogen) atoms. The second-order valence-corrected chi connectivity index (χ2v) is 4.97. The van der Waals surface area contributed by atoms with E-state index in [1.165, 1.54) is 30.5 Å². The first kappa shape index (κ1) is 11.5. The zero-order valence-electron chi connectivity index (χ0n) is 10.5. The maximum absolute atomic E-state index is 3.17. The van der Waals surface area contributed by atoms with Crippen LogP contribution < -0.4 is 5.32 Å². The van der Waals surface area contributed by atoms with Gasteiger partial charge in [-0.05, 0) is 50.6 Å². The van der Waals surface area contributed by atoms with Crippen LogP contribution in [0.2, 0.25) is 0 Å². The highest BCUT2D eigenvalue weighted by Gasteiger charge is 2.29. The standard InChI is InChI=1S/C14H22N2/c1-15-13-9-7-12(8-10-13)14(16(2)3)11-5-4-6-11/h7-11,14-15H,4-6H2,1-3H3. The quantitative estimate of drug-likeness (QED) is 0.835. The van der Waals surface area contributed by atoms with Crippen LogP contribution in [0.15, 0.2) is 24.3 Å². The molecular formula is C14H22N2. The molecule has 0 amide bonds. The molecule has 2 nitrogen and oxygen atoms in total. The molecule has 0 saturated heterocycles. The Bertz CT molecular complexity index is 325. The number of benzene rings is 1. The molecule has 1 N–H and O–H groups in total. The highest BCUT2D eigenvalue weighted by Crippen LogP contribution is 2.40. The third kappa shape index (κ3) is 2.22. The Morgan fingerprint density at radius 2 is 1.81 bits per heavy atom. The van der Waals surface area contributed by atoms with Gasteiger partial charge in [0, 0.05) is 18.8 Å². The topological polar surface area (TPSA) is 15.3 Å². The van der Waals surface area contributed by atoms with Crippen molar-refractivity contribution in [3.8, 4) is 0 Å². The molecule has 1 aromatic rings. The second kappa shape index (κ2) is 4.88. The summed E-state index contributed by atoms with van der Waals surface area (Å²) in [7, 11) is 6.34. The Hall–Kier alpha value is -1.02. The number of nitrogens with one attached hydrogen (secondary N) is 1. The zero-order valence-corrected chi connectivity index (χ0v) is 10.5. The summed E-state index contributed by atoms with van der Waals surface area (Å²) in [6.45, 7) is 0. The summed E-state index contributed by atoms with van der Waals surface area (Å²) in [5.74, 6) is 0.857. The fourth-order valence-corrected chi connectivity index (χ4v) is 2.59. The molecule has 1 fully saturated rings. The fourth-order valence-electron chi connectivity index (χ4n) is 2.59. The minimum absolute atomic E-state index is 0.597. The van der Waals surface area contributed by atoms with Gasteiger partial charge in [0.05, 0.1) is 0 Å². The predicted octanol–water partition coefficient (Wildman–Crippen LogP) is 3.13. The van der Waals surface area contributed by atoms with E-state index >= 15 is 0 Å². The summed E-state index contributed by atoms with van der Waals surface area (Å²) in [6.07, 6.45) is 4.18. The molecule has 2 heteroatoms. The lowest BCUT2D eigenvalue weighted by atomic mass is 9.76. The molecule has 1 unspecified atom stereocenters. The van der Waals surface area contributed by atoms with Gasteiger partial charge in [0.2, 0.25) is 0 Å². The molecule has 88 valence electrons. The van der Waals surface area contributed by atoms with Gasteiger partial charge in [-0.1, -0.05) is 18.6 Å². The number of hydrogen-bond donors (Lipinski definition) is 1. The van der Waals surface area contributed by atoms with Crippen LogP contribution in [-0.4, -0.2) is 26.0 Å². The lowest BCUT2D eigenvalue weighted by Crippen LogP contribution is -2.31. The number of rotatable bonds is 4. The van der Waals surface area contributed by atoms with Crippen molar-refractivity contribution >= 4 is 5.69 Å². The molecule has 0 aliphatic heterocycles. The van der Waals surface area contributed by atoms with Gasteiger partial charge in [-0.15, -0.1) is 0 Å². The Kier molecular flexibility index (Phi) is 3.49. The molecule has 0 spiro atoms. The summed E-state index contributed by atoms with van der Waals surface area (Å²) in [5, 5.41) is 3.17. The Morgan fingerprint density at radius 3 is 2.19 bits per heavy atom. The lowest BCUT2D eigenvalue weighted by molar-refractivity contribution is 0.142. The molecule has 1 aliphatic rings. The van der Waals surface area contributed by atoms with E-state index < -0.39 is 0 Å². The molecule has 1 aromatic carbocycles. The third-order valence-corrected chi connectivity index (χ3v) is 3.69. The van der Waals surface area contributed by atoms with Crippen LogP contribution in [0.3, 0.4) is 0 Å². The van der Waals surface area contributed by atoms with Crippen molar-refractivity contribution in [2.45, 2.75) is 25.3 Å². The zero-order chi connectivity index (χ0) is 11.5. The van der Waals surface area contributed by atoms with Gasteiger partial charge in [-0.25, -0.2) is 0 Å². The van der Waals surface area contributed by atoms with Crippen LogP contribution in [0.1, 0.15) is 30.9 Å². The van der Waals surface area contributed by atoms with Crippen LogP contribution >= 0.6 is 0 Å². The second-order valence-electron chi connectivity index (χ2n) is 4.97. The van der Waals surface area contributed by atoms with Crippen molar-refractivity contribution in [1.82, 2.24) is 4.90 Å². The maximum Gasteiger partial charge on any atom is 0.0370 e. The molecule has 1 aliphatic carbocycles. The van der Waals surface area contributed by atoms with Crippen molar-refractivity contribution in [2.24, 2.45) is 5.92 Å². The van der Waals surface area contributed by atoms with Crippen molar-refractivity contribution in [2.75, 3.05) is 26.5 Å². The third-order valence-electron chi connectivity index (χ3n) is 3.69. The minimum Gasteiger partial charge on any atom is -0.388 e. The van der Waals surface area contributed by atoms with Gasteiger partial charge in [-0.2, -0.15) is 0 Å². The van der Waals surface area contributed by atoms with E-state index in [0.29, 0.717) is 6.04 Å². The Balaban J connectivity index is 2.17. The summed E-state index contributed by atoms with van der Waals surface area (Å²) >= 11 is 0. The van der Waals surface area contributed by atoms with E-state index in [1.54, 1.807) is 0 Å². The molecule has 0 aromatic heterocycles. The Morgan fingerprint density at radius 1 is 1.19 bits per heavy atom. The smallest absolute Gasteiger partial charge is 0.0370 e. The van der Waals surface area contributed by atoms with Crippen molar-refractivity contribution < 1.29 is 0 Å². The fraction of sp³-hybridized carbons (Fsp3) is 0.571. The first-order chi connectivity index (χ1) is 7.72. The molecule has 0 radical (unpaired) electrons. The van der Waals surface area contributed by atoms with Crippen LogP contribution in [0.25, 0.3) is 0 Å². The van der Waals surface area contributed by atoms with Crippen LogP contribution in [0.4, 0.5) is 5.69 Å². The highest BCUT2D eigenvalue weighted by atomic mass is 15.1. The molecule has 1 saturated carbocycles. The van der Waals surface area contributed by atoms with Gasteiger partial charge < -0.3 is 10.2 Å². The number of nitrogens with zero attached hydrogens (tertiary/aromatic N) is 1.